The van der Waals surface area contributed by atoms with Crippen LogP contribution in [0.1, 0.15) is 70.3 Å². The van der Waals surface area contributed by atoms with Crippen LogP contribution in [-0.4, -0.2) is 94.6 Å². The predicted molar refractivity (Wildman–Crippen MR) is 183 cm³/mol. The predicted octanol–water partition coefficient (Wildman–Crippen LogP) is 5.32. The summed E-state index contributed by atoms with van der Waals surface area (Å²) in [5.74, 6) is -2.52. The molecule has 1 aliphatic heterocycles. The van der Waals surface area contributed by atoms with E-state index in [9.17, 15) is 19.2 Å². The third kappa shape index (κ3) is 10.9. The van der Waals surface area contributed by atoms with Crippen molar-refractivity contribution in [2.75, 3.05) is 48.0 Å². The van der Waals surface area contributed by atoms with Gasteiger partial charge in [-0.05, 0) is 82.1 Å². The van der Waals surface area contributed by atoms with Gasteiger partial charge in [0.2, 0.25) is 0 Å². The van der Waals surface area contributed by atoms with E-state index in [0.29, 0.717) is 24.2 Å². The second kappa shape index (κ2) is 18.3. The minimum absolute atomic E-state index is 0.0228. The molecule has 280 valence electrons. The van der Waals surface area contributed by atoms with Crippen LogP contribution in [0.15, 0.2) is 60.7 Å². The van der Waals surface area contributed by atoms with Crippen LogP contribution >= 0.6 is 0 Å². The summed E-state index contributed by atoms with van der Waals surface area (Å²) in [7, 11) is 4.15. The standard InChI is InChI=1S/C37H43FN2O12/c1-37(2,3)51-36(44)52-40-19-7-8-28(27(20-40)39-34(42)24-13-15-26(16-14-24)48-21-45-4)50-35(43)25-11-9-23(10-12-25)33(41)31-29(49-22-46-5)17-18-30(47-6)32(31)38/h9-18,27-28H,7-8,19-22H2,1-6H3,(H,39,42)/t27-,28-/m1/s1. The summed E-state index contributed by atoms with van der Waals surface area (Å²) in [6.07, 6.45) is -1.02. The van der Waals surface area contributed by atoms with Crippen LogP contribution in [0.4, 0.5) is 9.18 Å². The number of esters is 1. The Labute approximate surface area is 300 Å². The number of rotatable bonds is 14. The summed E-state index contributed by atoms with van der Waals surface area (Å²) in [4.78, 5) is 58.2. The van der Waals surface area contributed by atoms with Gasteiger partial charge in [-0.15, -0.1) is 5.06 Å². The Hall–Kier alpha value is -5.25. The number of hydroxylamine groups is 2. The van der Waals surface area contributed by atoms with E-state index in [1.807, 2.05) is 0 Å². The number of amides is 1. The Morgan fingerprint density at radius 1 is 0.827 bits per heavy atom. The normalized spacial score (nSPS) is 16.2. The van der Waals surface area contributed by atoms with E-state index in [1.165, 1.54) is 62.8 Å². The lowest BCUT2D eigenvalue weighted by Gasteiger charge is -2.29. The molecule has 0 bridgehead atoms. The number of carbonyl (C=O) groups is 4. The Balaban J connectivity index is 1.53. The molecule has 0 radical (unpaired) electrons. The van der Waals surface area contributed by atoms with E-state index in [0.717, 1.165) is 0 Å². The van der Waals surface area contributed by atoms with Crippen LogP contribution < -0.4 is 19.5 Å². The third-order valence-corrected chi connectivity index (χ3v) is 7.60. The van der Waals surface area contributed by atoms with Crippen molar-refractivity contribution in [3.63, 3.8) is 0 Å². The number of ether oxygens (including phenoxy) is 7. The fourth-order valence-electron chi connectivity index (χ4n) is 5.17. The first-order valence-corrected chi connectivity index (χ1v) is 16.4. The second-order valence-electron chi connectivity index (χ2n) is 12.6. The van der Waals surface area contributed by atoms with Gasteiger partial charge < -0.3 is 43.3 Å². The zero-order valence-electron chi connectivity index (χ0n) is 29.9. The van der Waals surface area contributed by atoms with Crippen LogP contribution in [0.3, 0.4) is 0 Å². The van der Waals surface area contributed by atoms with E-state index in [4.69, 9.17) is 38.0 Å². The number of ketones is 1. The van der Waals surface area contributed by atoms with Crippen LogP contribution in [0.25, 0.3) is 0 Å². The zero-order chi connectivity index (χ0) is 37.8. The molecule has 14 nitrogen and oxygen atoms in total. The lowest BCUT2D eigenvalue weighted by atomic mass is 10.00. The quantitative estimate of drug-likeness (QED) is 0.130. The number of benzene rings is 3. The van der Waals surface area contributed by atoms with Gasteiger partial charge >= 0.3 is 12.1 Å². The topological polar surface area (TPSA) is 157 Å². The maximum Gasteiger partial charge on any atom is 0.528 e. The van der Waals surface area contributed by atoms with Gasteiger partial charge in [-0.1, -0.05) is 12.1 Å². The van der Waals surface area contributed by atoms with Gasteiger partial charge in [0, 0.05) is 31.9 Å². The van der Waals surface area contributed by atoms with Gasteiger partial charge in [0.1, 0.15) is 28.8 Å². The molecular formula is C37H43FN2O12. The molecule has 1 fully saturated rings. The van der Waals surface area contributed by atoms with Crippen LogP contribution in [0.5, 0.6) is 17.2 Å². The molecule has 0 aromatic heterocycles. The zero-order valence-corrected chi connectivity index (χ0v) is 29.9. The molecule has 0 aliphatic carbocycles. The molecule has 0 spiro atoms. The Kier molecular flexibility index (Phi) is 13.9. The average Bonchev–Trinajstić information content (AvgIpc) is 3.29. The smallest absolute Gasteiger partial charge is 0.494 e. The molecule has 3 aromatic rings. The van der Waals surface area contributed by atoms with Crippen molar-refractivity contribution in [1.82, 2.24) is 10.4 Å². The highest BCUT2D eigenvalue weighted by atomic mass is 19.1. The van der Waals surface area contributed by atoms with Crippen molar-refractivity contribution in [2.24, 2.45) is 0 Å². The van der Waals surface area contributed by atoms with Gasteiger partial charge in [-0.3, -0.25) is 9.59 Å². The molecule has 3 aromatic carbocycles. The molecule has 4 rings (SSSR count). The van der Waals surface area contributed by atoms with Crippen LogP contribution in [-0.2, 0) is 23.8 Å². The highest BCUT2D eigenvalue weighted by molar-refractivity contribution is 6.11. The van der Waals surface area contributed by atoms with Crippen molar-refractivity contribution in [3.8, 4) is 17.2 Å². The minimum atomic E-state index is -0.916. The number of halogens is 1. The highest BCUT2D eigenvalue weighted by Crippen LogP contribution is 2.31. The Morgan fingerprint density at radius 3 is 2.08 bits per heavy atom. The van der Waals surface area contributed by atoms with Gasteiger partial charge in [0.15, 0.2) is 30.9 Å². The first-order chi connectivity index (χ1) is 24.8. The fraction of sp³-hybridized carbons (Fsp3) is 0.405. The summed E-state index contributed by atoms with van der Waals surface area (Å²) in [5.41, 5.74) is -0.683. The molecule has 1 aliphatic rings. The van der Waals surface area contributed by atoms with E-state index in [1.54, 1.807) is 45.0 Å². The number of hydrogen-bond donors (Lipinski definition) is 1. The van der Waals surface area contributed by atoms with Crippen LogP contribution in [0.2, 0.25) is 0 Å². The monoisotopic (exact) mass is 726 g/mol. The number of nitrogens with one attached hydrogen (secondary N) is 1. The SMILES string of the molecule is COCOc1ccc(C(=O)N[C@@H]2CN(OC(=O)OC(C)(C)C)CCC[C@H]2OC(=O)c2ccc(C(=O)c3c(OCOC)ccc(OC)c3F)cc2)cc1. The van der Waals surface area contributed by atoms with Crippen molar-refractivity contribution in [1.29, 1.82) is 0 Å². The van der Waals surface area contributed by atoms with E-state index < -0.39 is 47.4 Å². The van der Waals surface area contributed by atoms with Gasteiger partial charge in [0.05, 0.1) is 25.3 Å². The highest BCUT2D eigenvalue weighted by Gasteiger charge is 2.34. The van der Waals surface area contributed by atoms with Gasteiger partial charge in [0.25, 0.3) is 5.91 Å². The fourth-order valence-corrected chi connectivity index (χ4v) is 5.17. The number of hydrogen-bond acceptors (Lipinski definition) is 13. The van der Waals surface area contributed by atoms with E-state index in [-0.39, 0.29) is 54.9 Å². The van der Waals surface area contributed by atoms with E-state index >= 15 is 4.39 Å². The minimum Gasteiger partial charge on any atom is -0.494 e. The molecule has 0 saturated carbocycles. The van der Waals surface area contributed by atoms with Gasteiger partial charge in [-0.25, -0.2) is 14.0 Å². The van der Waals surface area contributed by atoms with Crippen molar-refractivity contribution >= 4 is 23.8 Å². The molecule has 15 heteroatoms. The molecule has 52 heavy (non-hydrogen) atoms. The summed E-state index contributed by atoms with van der Waals surface area (Å²) in [6.45, 7) is 5.18. The Bertz CT molecular complexity index is 1690. The molecule has 1 heterocycles. The van der Waals surface area contributed by atoms with Crippen molar-refractivity contribution in [2.45, 2.75) is 51.4 Å². The first kappa shape index (κ1) is 39.5. The molecule has 2 atom stereocenters. The Morgan fingerprint density at radius 2 is 1.44 bits per heavy atom. The number of methoxy groups -OCH3 is 3. The lowest BCUT2D eigenvalue weighted by Crippen LogP contribution is -2.50. The maximum absolute atomic E-state index is 15.2. The maximum atomic E-state index is 15.2. The molecule has 1 amide bonds. The average molecular weight is 727 g/mol. The summed E-state index contributed by atoms with van der Waals surface area (Å²) < 4.78 is 52.1. The number of carbonyl (C=O) groups excluding carboxylic acids is 4. The second-order valence-corrected chi connectivity index (χ2v) is 12.6. The third-order valence-electron chi connectivity index (χ3n) is 7.60. The summed E-state index contributed by atoms with van der Waals surface area (Å²) in [6, 6.07) is 13.7. The van der Waals surface area contributed by atoms with Crippen molar-refractivity contribution < 1.29 is 61.6 Å². The van der Waals surface area contributed by atoms with Crippen LogP contribution in [0, 0.1) is 5.82 Å². The molecule has 1 saturated heterocycles. The first-order valence-electron chi connectivity index (χ1n) is 16.4. The molecular weight excluding hydrogens is 683 g/mol. The number of nitrogens with zero attached hydrogens (tertiary/aromatic N) is 1. The lowest BCUT2D eigenvalue weighted by molar-refractivity contribution is -0.144. The molecule has 1 N–H and O–H groups in total. The summed E-state index contributed by atoms with van der Waals surface area (Å²) >= 11 is 0. The van der Waals surface area contributed by atoms with E-state index in [2.05, 4.69) is 5.32 Å². The molecule has 0 unspecified atom stereocenters. The van der Waals surface area contributed by atoms with Gasteiger partial charge in [-0.2, -0.15) is 0 Å². The largest absolute Gasteiger partial charge is 0.528 e. The summed E-state index contributed by atoms with van der Waals surface area (Å²) in [5, 5.41) is 4.26. The van der Waals surface area contributed by atoms with Crippen molar-refractivity contribution in [3.05, 3.63) is 88.7 Å².